The van der Waals surface area contributed by atoms with Crippen molar-refractivity contribution >= 4 is 5.65 Å². The summed E-state index contributed by atoms with van der Waals surface area (Å²) in [5.41, 5.74) is 3.89. The molecule has 0 radical (unpaired) electrons. The number of imidazole rings is 1. The number of aliphatic hydroxyl groups excluding tert-OH is 1. The molecule has 3 aromatic rings. The number of aromatic nitrogens is 2. The van der Waals surface area contributed by atoms with E-state index in [2.05, 4.69) is 23.3 Å². The van der Waals surface area contributed by atoms with Crippen LogP contribution in [0, 0.1) is 6.92 Å². The lowest BCUT2D eigenvalue weighted by atomic mass is 10.1. The second-order valence-electron chi connectivity index (χ2n) is 6.98. The summed E-state index contributed by atoms with van der Waals surface area (Å²) in [5.74, 6) is 0.818. The molecule has 0 saturated heterocycles. The summed E-state index contributed by atoms with van der Waals surface area (Å²) in [6.45, 7) is 7.25. The van der Waals surface area contributed by atoms with Crippen LogP contribution in [0.5, 0.6) is 5.75 Å². The molecule has 0 bridgehead atoms. The fraction of sp³-hybridized carbons (Fsp3) is 0.350. The highest BCUT2D eigenvalue weighted by Crippen LogP contribution is 2.16. The van der Waals surface area contributed by atoms with Crippen LogP contribution in [0.1, 0.15) is 30.7 Å². The van der Waals surface area contributed by atoms with E-state index in [1.165, 1.54) is 0 Å². The van der Waals surface area contributed by atoms with E-state index in [1.54, 1.807) is 0 Å². The van der Waals surface area contributed by atoms with Crippen molar-refractivity contribution in [2.75, 3.05) is 6.61 Å². The molecule has 0 unspecified atom stereocenters. The number of pyridine rings is 1. The third kappa shape index (κ3) is 4.38. The van der Waals surface area contributed by atoms with Crippen molar-refractivity contribution in [1.29, 1.82) is 0 Å². The third-order valence-electron chi connectivity index (χ3n) is 4.20. The number of nitrogens with one attached hydrogen (secondary N) is 1. The summed E-state index contributed by atoms with van der Waals surface area (Å²) in [6, 6.07) is 12.1. The Bertz CT molecular complexity index is 838. The molecule has 5 nitrogen and oxygen atoms in total. The number of hydrogen-bond acceptors (Lipinski definition) is 4. The summed E-state index contributed by atoms with van der Waals surface area (Å²) in [7, 11) is 0. The first-order valence-corrected chi connectivity index (χ1v) is 8.48. The van der Waals surface area contributed by atoms with Gasteiger partial charge in [-0.2, -0.15) is 0 Å². The van der Waals surface area contributed by atoms with Crippen molar-refractivity contribution in [3.63, 3.8) is 0 Å². The summed E-state index contributed by atoms with van der Waals surface area (Å²) >= 11 is 0. The third-order valence-corrected chi connectivity index (χ3v) is 4.20. The molecule has 2 N–H and O–H groups in total. The van der Waals surface area contributed by atoms with Crippen molar-refractivity contribution in [3.8, 4) is 5.75 Å². The Hall–Kier alpha value is -2.37. The smallest absolute Gasteiger partial charge is 0.140 e. The Morgan fingerprint density at radius 1 is 1.20 bits per heavy atom. The van der Waals surface area contributed by atoms with E-state index < -0.39 is 0 Å². The molecule has 0 saturated carbocycles. The molecule has 0 atom stereocenters. The first-order chi connectivity index (χ1) is 12.0. The van der Waals surface area contributed by atoms with Crippen LogP contribution in [0.15, 0.2) is 48.8 Å². The summed E-state index contributed by atoms with van der Waals surface area (Å²) in [6.07, 6.45) is 3.99. The van der Waals surface area contributed by atoms with Gasteiger partial charge >= 0.3 is 0 Å². The number of rotatable bonds is 7. The number of benzene rings is 1. The van der Waals surface area contributed by atoms with Gasteiger partial charge in [-0.15, -0.1) is 0 Å². The number of hydrogen-bond donors (Lipinski definition) is 2. The molecule has 132 valence electrons. The van der Waals surface area contributed by atoms with Gasteiger partial charge in [0, 0.05) is 24.5 Å². The maximum absolute atomic E-state index is 9.27. The monoisotopic (exact) mass is 339 g/mol. The second kappa shape index (κ2) is 7.25. The van der Waals surface area contributed by atoms with Crippen LogP contribution in [-0.2, 0) is 13.2 Å². The minimum Gasteiger partial charge on any atom is -0.487 e. The van der Waals surface area contributed by atoms with Gasteiger partial charge in [0.1, 0.15) is 18.0 Å². The normalized spacial score (nSPS) is 11.8. The van der Waals surface area contributed by atoms with Crippen LogP contribution in [0.3, 0.4) is 0 Å². The molecule has 0 amide bonds. The summed E-state index contributed by atoms with van der Waals surface area (Å²) in [5, 5.41) is 12.6. The molecule has 0 aliphatic rings. The first-order valence-electron chi connectivity index (χ1n) is 8.48. The summed E-state index contributed by atoms with van der Waals surface area (Å²) in [4.78, 5) is 4.62. The predicted octanol–water partition coefficient (Wildman–Crippen LogP) is 3.08. The minimum absolute atomic E-state index is 0.104. The minimum atomic E-state index is -0.281. The van der Waals surface area contributed by atoms with Gasteiger partial charge in [0.15, 0.2) is 0 Å². The zero-order chi connectivity index (χ0) is 17.9. The van der Waals surface area contributed by atoms with Crippen molar-refractivity contribution in [2.24, 2.45) is 0 Å². The van der Waals surface area contributed by atoms with Crippen molar-refractivity contribution in [1.82, 2.24) is 14.7 Å². The van der Waals surface area contributed by atoms with Gasteiger partial charge < -0.3 is 19.6 Å². The maximum Gasteiger partial charge on any atom is 0.140 e. The van der Waals surface area contributed by atoms with E-state index in [1.807, 2.05) is 61.0 Å². The molecular weight excluding hydrogens is 314 g/mol. The van der Waals surface area contributed by atoms with Gasteiger partial charge in [0.2, 0.25) is 0 Å². The highest BCUT2D eigenvalue weighted by atomic mass is 16.5. The molecule has 0 fully saturated rings. The van der Waals surface area contributed by atoms with Crippen LogP contribution in [0.25, 0.3) is 5.65 Å². The van der Waals surface area contributed by atoms with Gasteiger partial charge in [-0.1, -0.05) is 18.2 Å². The Kier molecular flexibility index (Phi) is 5.06. The quantitative estimate of drug-likeness (QED) is 0.694. The average Bonchev–Trinajstić information content (AvgIpc) is 3.04. The highest BCUT2D eigenvalue weighted by Gasteiger charge is 2.14. The molecule has 3 rings (SSSR count). The van der Waals surface area contributed by atoms with Crippen LogP contribution in [0.2, 0.25) is 0 Å². The van der Waals surface area contributed by atoms with Crippen LogP contribution >= 0.6 is 0 Å². The number of aryl methyl sites for hydroxylation is 1. The van der Waals surface area contributed by atoms with Gasteiger partial charge in [-0.25, -0.2) is 4.98 Å². The SMILES string of the molecule is Cc1cccn2cc(COc3ccc(CNC(C)(C)CO)cc3)nc12. The second-order valence-corrected chi connectivity index (χ2v) is 6.98. The van der Waals surface area contributed by atoms with E-state index in [0.717, 1.165) is 28.2 Å². The molecule has 25 heavy (non-hydrogen) atoms. The Labute approximate surface area is 148 Å². The zero-order valence-electron chi connectivity index (χ0n) is 15.0. The molecule has 1 aromatic carbocycles. The van der Waals surface area contributed by atoms with E-state index >= 15 is 0 Å². The van der Waals surface area contributed by atoms with Crippen molar-refractivity contribution < 1.29 is 9.84 Å². The topological polar surface area (TPSA) is 58.8 Å². The van der Waals surface area contributed by atoms with Crippen LogP contribution in [-0.4, -0.2) is 26.6 Å². The van der Waals surface area contributed by atoms with E-state index in [9.17, 15) is 5.11 Å². The predicted molar refractivity (Wildman–Crippen MR) is 98.7 cm³/mol. The Morgan fingerprint density at radius 2 is 1.96 bits per heavy atom. The maximum atomic E-state index is 9.27. The molecule has 5 heteroatoms. The number of fused-ring (bicyclic) bond motifs is 1. The van der Waals surface area contributed by atoms with Gasteiger partial charge in [0.05, 0.1) is 12.3 Å². The Morgan fingerprint density at radius 3 is 2.64 bits per heavy atom. The van der Waals surface area contributed by atoms with Gasteiger partial charge in [-0.05, 0) is 50.1 Å². The highest BCUT2D eigenvalue weighted by molar-refractivity contribution is 5.47. The lowest BCUT2D eigenvalue weighted by molar-refractivity contribution is 0.187. The lowest BCUT2D eigenvalue weighted by Gasteiger charge is -2.23. The molecule has 0 aliphatic heterocycles. The van der Waals surface area contributed by atoms with Gasteiger partial charge in [0.25, 0.3) is 0 Å². The Balaban J connectivity index is 1.58. The van der Waals surface area contributed by atoms with Crippen LogP contribution in [0.4, 0.5) is 0 Å². The number of aliphatic hydroxyl groups is 1. The van der Waals surface area contributed by atoms with E-state index in [4.69, 9.17) is 4.74 Å². The van der Waals surface area contributed by atoms with Crippen molar-refractivity contribution in [3.05, 3.63) is 65.6 Å². The molecule has 0 aliphatic carbocycles. The molecule has 0 spiro atoms. The van der Waals surface area contributed by atoms with E-state index in [0.29, 0.717) is 13.2 Å². The molecule has 2 heterocycles. The fourth-order valence-corrected chi connectivity index (χ4v) is 2.53. The lowest BCUT2D eigenvalue weighted by Crippen LogP contribution is -2.42. The first kappa shape index (κ1) is 17.5. The van der Waals surface area contributed by atoms with Crippen molar-refractivity contribution in [2.45, 2.75) is 39.5 Å². The zero-order valence-corrected chi connectivity index (χ0v) is 15.0. The number of nitrogens with zero attached hydrogens (tertiary/aromatic N) is 2. The average molecular weight is 339 g/mol. The van der Waals surface area contributed by atoms with Gasteiger partial charge in [-0.3, -0.25) is 0 Å². The van der Waals surface area contributed by atoms with E-state index in [-0.39, 0.29) is 12.1 Å². The number of ether oxygens (including phenoxy) is 1. The fourth-order valence-electron chi connectivity index (χ4n) is 2.53. The largest absolute Gasteiger partial charge is 0.487 e. The van der Waals surface area contributed by atoms with Crippen LogP contribution < -0.4 is 10.1 Å². The molecular formula is C20H25N3O2. The summed E-state index contributed by atoms with van der Waals surface area (Å²) < 4.78 is 7.87. The molecule has 2 aromatic heterocycles. The standard InChI is InChI=1S/C20H25N3O2/c1-15-5-4-10-23-12-17(22-19(15)23)13-25-18-8-6-16(7-9-18)11-21-20(2,3)14-24/h4-10,12,21,24H,11,13-14H2,1-3H3.